The summed E-state index contributed by atoms with van der Waals surface area (Å²) in [5.74, 6) is -0.357. The topological polar surface area (TPSA) is 121 Å². The van der Waals surface area contributed by atoms with E-state index >= 15 is 0 Å². The minimum atomic E-state index is -0.554. The molecule has 3 heterocycles. The van der Waals surface area contributed by atoms with E-state index in [9.17, 15) is 14.4 Å². The molecule has 11 heteroatoms. The van der Waals surface area contributed by atoms with Crippen molar-refractivity contribution in [2.75, 3.05) is 18.4 Å². The fourth-order valence-electron chi connectivity index (χ4n) is 4.39. The molecule has 3 N–H and O–H groups in total. The first-order valence-electron chi connectivity index (χ1n) is 12.3. The number of hydrogen-bond donors (Lipinski definition) is 3. The number of hydrogen-bond acceptors (Lipinski definition) is 6. The maximum Gasteiger partial charge on any atom is 0.337 e. The number of carbonyl (C=O) groups excluding carboxylic acids is 3. The molecule has 0 aliphatic carbocycles. The molecular formula is C27H27N7O3S. The molecule has 1 aliphatic heterocycles. The van der Waals surface area contributed by atoms with Crippen molar-refractivity contribution < 1.29 is 14.4 Å². The summed E-state index contributed by atoms with van der Waals surface area (Å²) >= 11 is 1.41. The lowest BCUT2D eigenvalue weighted by molar-refractivity contribution is 0.0712. The molecule has 0 bridgehead atoms. The van der Waals surface area contributed by atoms with Crippen molar-refractivity contribution in [3.8, 4) is 5.69 Å². The number of benzene rings is 2. The molecule has 0 spiro atoms. The lowest BCUT2D eigenvalue weighted by Gasteiger charge is -2.31. The van der Waals surface area contributed by atoms with Crippen LogP contribution in [0.1, 0.15) is 50.3 Å². The fourth-order valence-corrected chi connectivity index (χ4v) is 5.36. The van der Waals surface area contributed by atoms with Crippen molar-refractivity contribution >= 4 is 34.9 Å². The molecule has 2 aromatic heterocycles. The normalized spacial score (nSPS) is 13.7. The van der Waals surface area contributed by atoms with Crippen LogP contribution in [0.25, 0.3) is 5.69 Å². The zero-order valence-corrected chi connectivity index (χ0v) is 21.6. The van der Waals surface area contributed by atoms with Gasteiger partial charge in [-0.2, -0.15) is 5.10 Å². The third-order valence-corrected chi connectivity index (χ3v) is 7.46. The number of likely N-dealkylation sites (tertiary alicyclic amines) is 1. The van der Waals surface area contributed by atoms with Crippen LogP contribution in [0.3, 0.4) is 0 Å². The Morgan fingerprint density at radius 2 is 1.63 bits per heavy atom. The van der Waals surface area contributed by atoms with Gasteiger partial charge in [0.05, 0.1) is 28.1 Å². The maximum absolute atomic E-state index is 13.2. The molecule has 0 unspecified atom stereocenters. The summed E-state index contributed by atoms with van der Waals surface area (Å²) in [4.78, 5) is 44.0. The molecule has 38 heavy (non-hydrogen) atoms. The van der Waals surface area contributed by atoms with E-state index in [1.807, 2.05) is 48.2 Å². The lowest BCUT2D eigenvalue weighted by Crippen LogP contribution is -2.44. The van der Waals surface area contributed by atoms with Crippen molar-refractivity contribution in [1.82, 2.24) is 30.5 Å². The van der Waals surface area contributed by atoms with Crippen LogP contribution < -0.4 is 16.2 Å². The summed E-state index contributed by atoms with van der Waals surface area (Å²) in [5, 5.41) is 9.58. The van der Waals surface area contributed by atoms with Crippen molar-refractivity contribution in [2.45, 2.75) is 25.7 Å². The maximum atomic E-state index is 13.2. The summed E-state index contributed by atoms with van der Waals surface area (Å²) in [6.45, 7) is 3.10. The molecule has 1 saturated heterocycles. The van der Waals surface area contributed by atoms with E-state index in [1.165, 1.54) is 11.3 Å². The molecule has 10 nitrogen and oxygen atoms in total. The second-order valence-electron chi connectivity index (χ2n) is 8.93. The number of nitrogens with one attached hydrogen (secondary N) is 3. The van der Waals surface area contributed by atoms with Crippen LogP contribution in [0.15, 0.2) is 72.2 Å². The van der Waals surface area contributed by atoms with Gasteiger partial charge in [0.25, 0.3) is 11.8 Å². The molecule has 0 atom stereocenters. The third kappa shape index (κ3) is 5.57. The first kappa shape index (κ1) is 25.2. The Morgan fingerprint density at radius 1 is 0.947 bits per heavy atom. The summed E-state index contributed by atoms with van der Waals surface area (Å²) in [5.41, 5.74) is 7.89. The van der Waals surface area contributed by atoms with Gasteiger partial charge in [0.1, 0.15) is 5.69 Å². The Labute approximate surface area is 223 Å². The van der Waals surface area contributed by atoms with Crippen molar-refractivity contribution in [2.24, 2.45) is 0 Å². The highest BCUT2D eigenvalue weighted by molar-refractivity contribution is 7.09. The van der Waals surface area contributed by atoms with Gasteiger partial charge in [0.15, 0.2) is 0 Å². The monoisotopic (exact) mass is 529 g/mol. The molecule has 1 fully saturated rings. The average molecular weight is 530 g/mol. The number of hydrazine groups is 1. The third-order valence-electron chi connectivity index (χ3n) is 6.45. The fraction of sp³-hybridized carbons (Fsp3) is 0.222. The molecule has 0 radical (unpaired) electrons. The van der Waals surface area contributed by atoms with Crippen LogP contribution in [-0.4, -0.2) is 50.6 Å². The summed E-state index contributed by atoms with van der Waals surface area (Å²) in [7, 11) is 0. The van der Waals surface area contributed by atoms with E-state index in [2.05, 4.69) is 26.3 Å². The predicted octanol–water partition coefficient (Wildman–Crippen LogP) is 4.12. The number of piperidine rings is 1. The van der Waals surface area contributed by atoms with Crippen LogP contribution in [0.4, 0.5) is 10.5 Å². The van der Waals surface area contributed by atoms with Crippen molar-refractivity contribution in [1.29, 1.82) is 0 Å². The van der Waals surface area contributed by atoms with E-state index < -0.39 is 11.9 Å². The molecule has 194 valence electrons. The quantitative estimate of drug-likeness (QED) is 0.336. The highest BCUT2D eigenvalue weighted by atomic mass is 32.1. The Hall–Kier alpha value is -4.51. The molecule has 2 aromatic carbocycles. The van der Waals surface area contributed by atoms with Gasteiger partial charge in [0, 0.05) is 30.1 Å². The van der Waals surface area contributed by atoms with Crippen LogP contribution in [0.5, 0.6) is 0 Å². The number of amides is 4. The minimum absolute atomic E-state index is 0.0257. The average Bonchev–Trinajstić information content (AvgIpc) is 3.60. The van der Waals surface area contributed by atoms with Gasteiger partial charge in [-0.25, -0.2) is 19.9 Å². The number of rotatable bonds is 5. The van der Waals surface area contributed by atoms with Crippen LogP contribution in [0, 0.1) is 6.92 Å². The molecule has 0 saturated carbocycles. The molecule has 1 aliphatic rings. The number of para-hydroxylation sites is 2. The SMILES string of the molecule is Cc1c(C(=O)N2CCC(c3nc(C(=O)NNC(=O)Nc4ccccc4)cs3)CC2)cnn1-c1ccccc1. The van der Waals surface area contributed by atoms with Gasteiger partial charge in [-0.3, -0.25) is 15.0 Å². The van der Waals surface area contributed by atoms with Gasteiger partial charge < -0.3 is 10.2 Å². The number of thiazole rings is 1. The molecule has 5 rings (SSSR count). The van der Waals surface area contributed by atoms with Crippen molar-refractivity contribution in [3.05, 3.63) is 94.2 Å². The van der Waals surface area contributed by atoms with Gasteiger partial charge >= 0.3 is 6.03 Å². The Morgan fingerprint density at radius 3 is 2.34 bits per heavy atom. The second kappa shape index (κ2) is 11.3. The van der Waals surface area contributed by atoms with Crippen LogP contribution in [-0.2, 0) is 0 Å². The molecule has 4 aromatic rings. The van der Waals surface area contributed by atoms with Gasteiger partial charge in [-0.15, -0.1) is 11.3 Å². The van der Waals surface area contributed by atoms with E-state index in [0.717, 1.165) is 29.2 Å². The predicted molar refractivity (Wildman–Crippen MR) is 144 cm³/mol. The summed E-state index contributed by atoms with van der Waals surface area (Å²) in [6, 6.07) is 18.1. The van der Waals surface area contributed by atoms with E-state index in [4.69, 9.17) is 0 Å². The van der Waals surface area contributed by atoms with E-state index in [-0.39, 0.29) is 17.5 Å². The molecule has 4 amide bonds. The summed E-state index contributed by atoms with van der Waals surface area (Å²) in [6.07, 6.45) is 3.14. The van der Waals surface area contributed by atoms with E-state index in [0.29, 0.717) is 24.3 Å². The van der Waals surface area contributed by atoms with Crippen LogP contribution >= 0.6 is 11.3 Å². The number of urea groups is 1. The van der Waals surface area contributed by atoms with Gasteiger partial charge in [-0.05, 0) is 44.0 Å². The first-order valence-corrected chi connectivity index (χ1v) is 13.1. The summed E-state index contributed by atoms with van der Waals surface area (Å²) < 4.78 is 1.78. The zero-order valence-electron chi connectivity index (χ0n) is 20.8. The second-order valence-corrected chi connectivity index (χ2v) is 9.82. The van der Waals surface area contributed by atoms with Crippen molar-refractivity contribution in [3.63, 3.8) is 0 Å². The number of carbonyl (C=O) groups is 3. The van der Waals surface area contributed by atoms with E-state index in [1.54, 1.807) is 40.5 Å². The highest BCUT2D eigenvalue weighted by Crippen LogP contribution is 2.31. The number of aromatic nitrogens is 3. The Balaban J connectivity index is 1.13. The zero-order chi connectivity index (χ0) is 26.5. The number of nitrogens with zero attached hydrogens (tertiary/aromatic N) is 4. The molecular weight excluding hydrogens is 502 g/mol. The number of anilines is 1. The highest BCUT2D eigenvalue weighted by Gasteiger charge is 2.28. The Kier molecular flexibility index (Phi) is 7.45. The minimum Gasteiger partial charge on any atom is -0.338 e. The Bertz CT molecular complexity index is 1430. The smallest absolute Gasteiger partial charge is 0.337 e. The first-order chi connectivity index (χ1) is 18.5. The van der Waals surface area contributed by atoms with Crippen LogP contribution in [0.2, 0.25) is 0 Å². The van der Waals surface area contributed by atoms with Gasteiger partial charge in [-0.1, -0.05) is 36.4 Å². The van der Waals surface area contributed by atoms with Gasteiger partial charge in [0.2, 0.25) is 0 Å². The largest absolute Gasteiger partial charge is 0.338 e. The standard InChI is InChI=1S/C27H27N7O3S/c1-18-22(16-28-34(18)21-10-6-3-7-11-21)26(36)33-14-12-19(13-15-33)25-30-23(17-38-25)24(35)31-32-27(37)29-20-8-4-2-5-9-20/h2-11,16-17,19H,12-15H2,1H3,(H,31,35)(H2,29,32,37). The lowest BCUT2D eigenvalue weighted by atomic mass is 9.97.